The average Bonchev–Trinajstić information content (AvgIpc) is 2.79. The van der Waals surface area contributed by atoms with Crippen LogP contribution in [0.1, 0.15) is 63.3 Å². The molecule has 3 rings (SSSR count). The highest BCUT2D eigenvalue weighted by molar-refractivity contribution is 5.77. The van der Waals surface area contributed by atoms with E-state index in [1.54, 1.807) is 0 Å². The zero-order chi connectivity index (χ0) is 14.9. The number of benzene rings is 1. The van der Waals surface area contributed by atoms with Crippen LogP contribution in [0.25, 0.3) is 11.0 Å². The van der Waals surface area contributed by atoms with Gasteiger partial charge in [0.1, 0.15) is 5.82 Å². The van der Waals surface area contributed by atoms with E-state index >= 15 is 0 Å². The number of unbranched alkanes of at least 4 members (excludes halogenated alkanes) is 3. The van der Waals surface area contributed by atoms with Gasteiger partial charge in [0.05, 0.1) is 16.6 Å². The first-order valence-corrected chi connectivity index (χ1v) is 8.39. The first-order chi connectivity index (χ1) is 10.1. The Kier molecular flexibility index (Phi) is 4.03. The van der Waals surface area contributed by atoms with Gasteiger partial charge in [0.2, 0.25) is 0 Å². The van der Waals surface area contributed by atoms with E-state index in [1.165, 1.54) is 49.6 Å². The van der Waals surface area contributed by atoms with Gasteiger partial charge in [-0.2, -0.15) is 0 Å². The van der Waals surface area contributed by atoms with Crippen LogP contribution in [0, 0.1) is 0 Å². The molecule has 0 spiro atoms. The number of rotatable bonds is 6. The average molecular weight is 285 g/mol. The Morgan fingerprint density at radius 2 is 2.05 bits per heavy atom. The normalized spacial score (nSPS) is 17.1. The van der Waals surface area contributed by atoms with E-state index in [9.17, 15) is 0 Å². The molecule has 1 heterocycles. The molecule has 0 aliphatic heterocycles. The molecule has 0 bridgehead atoms. The zero-order valence-corrected chi connectivity index (χ0v) is 13.4. The number of fused-ring (bicyclic) bond motifs is 1. The predicted molar refractivity (Wildman–Crippen MR) is 88.3 cm³/mol. The molecule has 1 saturated carbocycles. The molecule has 1 aromatic heterocycles. The first-order valence-electron chi connectivity index (χ1n) is 8.39. The maximum atomic E-state index is 6.46. The Hall–Kier alpha value is -1.35. The molecule has 0 amide bonds. The Balaban J connectivity index is 1.82. The molecule has 3 nitrogen and oxygen atoms in total. The maximum Gasteiger partial charge on any atom is 0.129 e. The van der Waals surface area contributed by atoms with Gasteiger partial charge in [0, 0.05) is 7.05 Å². The molecule has 0 atom stereocenters. The van der Waals surface area contributed by atoms with Gasteiger partial charge in [-0.05, 0) is 49.8 Å². The second-order valence-electron chi connectivity index (χ2n) is 6.64. The third kappa shape index (κ3) is 2.71. The van der Waals surface area contributed by atoms with Crippen molar-refractivity contribution in [3.63, 3.8) is 0 Å². The van der Waals surface area contributed by atoms with Crippen LogP contribution < -0.4 is 5.73 Å². The lowest BCUT2D eigenvalue weighted by atomic mass is 9.77. The van der Waals surface area contributed by atoms with Crippen molar-refractivity contribution in [2.24, 2.45) is 12.8 Å². The SMILES string of the molecule is CCCCCCc1ccc2nc(C3(N)CCC3)n(C)c2c1. The van der Waals surface area contributed by atoms with Gasteiger partial charge >= 0.3 is 0 Å². The van der Waals surface area contributed by atoms with E-state index in [0.717, 1.165) is 24.2 Å². The van der Waals surface area contributed by atoms with Gasteiger partial charge in [-0.1, -0.05) is 32.3 Å². The second-order valence-corrected chi connectivity index (χ2v) is 6.64. The lowest BCUT2D eigenvalue weighted by molar-refractivity contribution is 0.234. The van der Waals surface area contributed by atoms with Gasteiger partial charge in [0.15, 0.2) is 0 Å². The fourth-order valence-electron chi connectivity index (χ4n) is 3.37. The van der Waals surface area contributed by atoms with Gasteiger partial charge < -0.3 is 10.3 Å². The Morgan fingerprint density at radius 3 is 2.71 bits per heavy atom. The molecule has 1 fully saturated rings. The van der Waals surface area contributed by atoms with E-state index in [4.69, 9.17) is 10.7 Å². The summed E-state index contributed by atoms with van der Waals surface area (Å²) in [5.41, 5.74) is 10.0. The van der Waals surface area contributed by atoms with Crippen LogP contribution in [0.3, 0.4) is 0 Å². The minimum absolute atomic E-state index is 0.185. The lowest BCUT2D eigenvalue weighted by Gasteiger charge is -2.37. The molecule has 0 radical (unpaired) electrons. The number of hydrogen-bond acceptors (Lipinski definition) is 2. The topological polar surface area (TPSA) is 43.8 Å². The van der Waals surface area contributed by atoms with Crippen molar-refractivity contribution in [1.29, 1.82) is 0 Å². The lowest BCUT2D eigenvalue weighted by Crippen LogP contribution is -2.45. The van der Waals surface area contributed by atoms with Crippen molar-refractivity contribution in [2.45, 2.75) is 63.8 Å². The summed E-state index contributed by atoms with van der Waals surface area (Å²) in [6.45, 7) is 2.26. The fourth-order valence-corrected chi connectivity index (χ4v) is 3.37. The van der Waals surface area contributed by atoms with E-state index in [1.807, 2.05) is 0 Å². The molecule has 3 heteroatoms. The van der Waals surface area contributed by atoms with Gasteiger partial charge in [0.25, 0.3) is 0 Å². The molecule has 1 aromatic carbocycles. The number of nitrogens with two attached hydrogens (primary N) is 1. The third-order valence-corrected chi connectivity index (χ3v) is 4.96. The smallest absolute Gasteiger partial charge is 0.129 e. The molecule has 114 valence electrons. The zero-order valence-electron chi connectivity index (χ0n) is 13.4. The molecular weight excluding hydrogens is 258 g/mol. The molecule has 1 aliphatic carbocycles. The summed E-state index contributed by atoms with van der Waals surface area (Å²) in [5.74, 6) is 1.06. The Morgan fingerprint density at radius 1 is 1.24 bits per heavy atom. The Labute approximate surface area is 127 Å². The summed E-state index contributed by atoms with van der Waals surface area (Å²) in [6.07, 6.45) is 9.77. The van der Waals surface area contributed by atoms with Crippen LogP contribution in [-0.2, 0) is 19.0 Å². The highest BCUT2D eigenvalue weighted by atomic mass is 15.1. The maximum absolute atomic E-state index is 6.46. The highest BCUT2D eigenvalue weighted by Crippen LogP contribution is 2.39. The number of aromatic nitrogens is 2. The molecule has 2 aromatic rings. The van der Waals surface area contributed by atoms with Crippen molar-refractivity contribution < 1.29 is 0 Å². The van der Waals surface area contributed by atoms with E-state index in [-0.39, 0.29) is 5.54 Å². The number of hydrogen-bond donors (Lipinski definition) is 1. The molecule has 2 N–H and O–H groups in total. The molecule has 0 saturated heterocycles. The van der Waals surface area contributed by atoms with Crippen LogP contribution in [0.4, 0.5) is 0 Å². The van der Waals surface area contributed by atoms with Gasteiger partial charge in [-0.15, -0.1) is 0 Å². The number of nitrogens with zero attached hydrogens (tertiary/aromatic N) is 2. The van der Waals surface area contributed by atoms with Crippen LogP contribution >= 0.6 is 0 Å². The Bertz CT molecular complexity index is 623. The van der Waals surface area contributed by atoms with E-state index in [2.05, 4.69) is 36.7 Å². The van der Waals surface area contributed by atoms with Crippen molar-refractivity contribution in [1.82, 2.24) is 9.55 Å². The summed E-state index contributed by atoms with van der Waals surface area (Å²) in [5, 5.41) is 0. The molecular formula is C18H27N3. The fraction of sp³-hybridized carbons (Fsp3) is 0.611. The number of imidazole rings is 1. The summed E-state index contributed by atoms with van der Waals surface area (Å²) >= 11 is 0. The van der Waals surface area contributed by atoms with Crippen LogP contribution in [0.5, 0.6) is 0 Å². The molecule has 1 aliphatic rings. The third-order valence-electron chi connectivity index (χ3n) is 4.96. The number of aryl methyl sites for hydroxylation is 2. The minimum atomic E-state index is -0.185. The largest absolute Gasteiger partial charge is 0.330 e. The molecule has 21 heavy (non-hydrogen) atoms. The van der Waals surface area contributed by atoms with Gasteiger partial charge in [-0.25, -0.2) is 4.98 Å². The monoisotopic (exact) mass is 285 g/mol. The highest BCUT2D eigenvalue weighted by Gasteiger charge is 2.38. The van der Waals surface area contributed by atoms with Crippen molar-refractivity contribution in [2.75, 3.05) is 0 Å². The van der Waals surface area contributed by atoms with Crippen molar-refractivity contribution in [3.05, 3.63) is 29.6 Å². The van der Waals surface area contributed by atoms with E-state index in [0.29, 0.717) is 0 Å². The predicted octanol–water partition coefficient (Wildman–Crippen LogP) is 4.03. The summed E-state index contributed by atoms with van der Waals surface area (Å²) in [6, 6.07) is 6.70. The summed E-state index contributed by atoms with van der Waals surface area (Å²) in [4.78, 5) is 4.79. The van der Waals surface area contributed by atoms with Gasteiger partial charge in [-0.3, -0.25) is 0 Å². The summed E-state index contributed by atoms with van der Waals surface area (Å²) in [7, 11) is 2.11. The van der Waals surface area contributed by atoms with E-state index < -0.39 is 0 Å². The first kappa shape index (κ1) is 14.6. The molecule has 0 unspecified atom stereocenters. The minimum Gasteiger partial charge on any atom is -0.330 e. The van der Waals surface area contributed by atoms with Crippen LogP contribution in [0.15, 0.2) is 18.2 Å². The van der Waals surface area contributed by atoms with Crippen molar-refractivity contribution in [3.8, 4) is 0 Å². The van der Waals surface area contributed by atoms with Crippen LogP contribution in [0.2, 0.25) is 0 Å². The van der Waals surface area contributed by atoms with Crippen LogP contribution in [-0.4, -0.2) is 9.55 Å². The quantitative estimate of drug-likeness (QED) is 0.814. The van der Waals surface area contributed by atoms with Crippen molar-refractivity contribution >= 4 is 11.0 Å². The standard InChI is InChI=1S/C18H27N3/c1-3-4-5-6-8-14-9-10-15-16(13-14)21(2)17(20-15)18(19)11-7-12-18/h9-10,13H,3-8,11-12,19H2,1-2H3. The summed E-state index contributed by atoms with van der Waals surface area (Å²) < 4.78 is 2.21. The second kappa shape index (κ2) is 5.80.